The average molecular weight is 561 g/mol. The maximum absolute atomic E-state index is 12.4. The minimum atomic E-state index is -0.927. The molecule has 3 aromatic carbocycles. The van der Waals surface area contributed by atoms with Gasteiger partial charge in [0, 0.05) is 11.4 Å². The highest BCUT2D eigenvalue weighted by molar-refractivity contribution is 6.39. The highest BCUT2D eigenvalue weighted by Crippen LogP contribution is 2.28. The molecular formula is C31H36N4O6. The second-order valence-electron chi connectivity index (χ2n) is 9.15. The van der Waals surface area contributed by atoms with Crippen LogP contribution in [0.25, 0.3) is 0 Å². The second-order valence-corrected chi connectivity index (χ2v) is 9.15. The Morgan fingerprint density at radius 2 is 1.54 bits per heavy atom. The molecule has 216 valence electrons. The predicted octanol–water partition coefficient (Wildman–Crippen LogP) is 4.99. The Hall–Kier alpha value is -4.86. The molecular weight excluding hydrogens is 524 g/mol. The van der Waals surface area contributed by atoms with Crippen molar-refractivity contribution in [2.45, 2.75) is 40.5 Å². The van der Waals surface area contributed by atoms with Crippen LogP contribution in [0.5, 0.6) is 17.2 Å². The number of hydrogen-bond donors (Lipinski definition) is 3. The molecule has 0 radical (unpaired) electrons. The lowest BCUT2D eigenvalue weighted by Gasteiger charge is -2.13. The molecule has 0 atom stereocenters. The van der Waals surface area contributed by atoms with Crippen LogP contribution >= 0.6 is 0 Å². The van der Waals surface area contributed by atoms with E-state index in [1.54, 1.807) is 42.5 Å². The number of nitrogens with zero attached hydrogens (tertiary/aromatic N) is 1. The molecule has 0 aliphatic carbocycles. The number of carbonyl (C=O) groups excluding carboxylic acids is 3. The van der Waals surface area contributed by atoms with E-state index in [1.165, 1.54) is 6.21 Å². The molecule has 41 heavy (non-hydrogen) atoms. The fraction of sp³-hybridized carbons (Fsp3) is 0.290. The van der Waals surface area contributed by atoms with Gasteiger partial charge in [0.25, 0.3) is 5.91 Å². The Bertz CT molecular complexity index is 1370. The van der Waals surface area contributed by atoms with Gasteiger partial charge in [0.2, 0.25) is 0 Å². The van der Waals surface area contributed by atoms with Crippen LogP contribution in [0.15, 0.2) is 65.8 Å². The van der Waals surface area contributed by atoms with Gasteiger partial charge in [-0.1, -0.05) is 19.4 Å². The van der Waals surface area contributed by atoms with Crippen LogP contribution in [0.1, 0.15) is 43.4 Å². The summed E-state index contributed by atoms with van der Waals surface area (Å²) in [5.41, 5.74) is 6.15. The molecule has 0 aliphatic heterocycles. The van der Waals surface area contributed by atoms with Gasteiger partial charge < -0.3 is 24.8 Å². The van der Waals surface area contributed by atoms with E-state index in [2.05, 4.69) is 28.1 Å². The van der Waals surface area contributed by atoms with Crippen LogP contribution in [-0.4, -0.2) is 43.8 Å². The summed E-state index contributed by atoms with van der Waals surface area (Å²) >= 11 is 0. The molecule has 10 nitrogen and oxygen atoms in total. The van der Waals surface area contributed by atoms with Crippen LogP contribution in [0, 0.1) is 13.8 Å². The van der Waals surface area contributed by atoms with Crippen LogP contribution in [0.4, 0.5) is 11.4 Å². The summed E-state index contributed by atoms with van der Waals surface area (Å²) in [4.78, 5) is 36.8. The molecule has 0 fully saturated rings. The Morgan fingerprint density at radius 1 is 0.780 bits per heavy atom. The van der Waals surface area contributed by atoms with Gasteiger partial charge in [-0.25, -0.2) is 5.43 Å². The Morgan fingerprint density at radius 3 is 2.24 bits per heavy atom. The van der Waals surface area contributed by atoms with Crippen LogP contribution in [0.3, 0.4) is 0 Å². The van der Waals surface area contributed by atoms with Crippen molar-refractivity contribution in [2.75, 3.05) is 30.5 Å². The maximum atomic E-state index is 12.4. The lowest BCUT2D eigenvalue weighted by atomic mass is 10.1. The fourth-order valence-corrected chi connectivity index (χ4v) is 3.52. The van der Waals surface area contributed by atoms with Crippen LogP contribution < -0.4 is 30.3 Å². The molecule has 0 spiro atoms. The fourth-order valence-electron chi connectivity index (χ4n) is 3.52. The quantitative estimate of drug-likeness (QED) is 0.117. The smallest absolute Gasteiger partial charge is 0.329 e. The van der Waals surface area contributed by atoms with E-state index in [4.69, 9.17) is 14.2 Å². The third-order valence-corrected chi connectivity index (χ3v) is 5.88. The summed E-state index contributed by atoms with van der Waals surface area (Å²) < 4.78 is 16.9. The Kier molecular flexibility index (Phi) is 11.7. The summed E-state index contributed by atoms with van der Waals surface area (Å²) in [5.74, 6) is -0.623. The molecule has 0 saturated carbocycles. The summed E-state index contributed by atoms with van der Waals surface area (Å²) in [6.45, 7) is 8.67. The van der Waals surface area contributed by atoms with E-state index >= 15 is 0 Å². The number of aryl methyl sites for hydroxylation is 2. The van der Waals surface area contributed by atoms with Crippen molar-refractivity contribution in [3.8, 4) is 17.2 Å². The molecule has 0 aliphatic rings. The number of hydrogen-bond acceptors (Lipinski definition) is 7. The first-order chi connectivity index (χ1) is 19.8. The molecule has 10 heteroatoms. The van der Waals surface area contributed by atoms with Crippen molar-refractivity contribution in [3.05, 3.63) is 77.4 Å². The molecule has 3 rings (SSSR count). The number of amides is 3. The number of unbranched alkanes of at least 4 members (excludes halogenated alkanes) is 1. The van der Waals surface area contributed by atoms with Gasteiger partial charge in [0.15, 0.2) is 18.1 Å². The highest BCUT2D eigenvalue weighted by Gasteiger charge is 2.13. The molecule has 0 bridgehead atoms. The van der Waals surface area contributed by atoms with Crippen molar-refractivity contribution in [1.82, 2.24) is 5.43 Å². The molecule has 3 amide bonds. The zero-order chi connectivity index (χ0) is 29.6. The molecule has 0 saturated heterocycles. The minimum absolute atomic E-state index is 0.208. The summed E-state index contributed by atoms with van der Waals surface area (Å²) in [6.07, 6.45) is 3.36. The van der Waals surface area contributed by atoms with Crippen molar-refractivity contribution in [1.29, 1.82) is 0 Å². The monoisotopic (exact) mass is 560 g/mol. The van der Waals surface area contributed by atoms with Gasteiger partial charge in [-0.2, -0.15) is 5.10 Å². The van der Waals surface area contributed by atoms with E-state index in [0.29, 0.717) is 47.4 Å². The normalized spacial score (nSPS) is 10.6. The average Bonchev–Trinajstić information content (AvgIpc) is 2.95. The SMILES string of the molecule is CCCCOc1ccc(NC(=O)C(=O)N/N=C\c2ccc(OCC(=O)Nc3ccc(C)c(C)c3)c(OCC)c2)cc1. The number of rotatable bonds is 13. The van der Waals surface area contributed by atoms with Gasteiger partial charge in [0.1, 0.15) is 5.75 Å². The first-order valence-corrected chi connectivity index (χ1v) is 13.4. The highest BCUT2D eigenvalue weighted by atomic mass is 16.5. The largest absolute Gasteiger partial charge is 0.494 e. The van der Waals surface area contributed by atoms with Gasteiger partial charge in [-0.15, -0.1) is 0 Å². The number of anilines is 2. The summed E-state index contributed by atoms with van der Waals surface area (Å²) in [6, 6.07) is 17.4. The number of nitrogens with one attached hydrogen (secondary N) is 3. The topological polar surface area (TPSA) is 127 Å². The number of hydrazone groups is 1. The third-order valence-electron chi connectivity index (χ3n) is 5.88. The molecule has 0 aromatic heterocycles. The van der Waals surface area contributed by atoms with Gasteiger partial charge in [-0.05, 0) is 98.5 Å². The van der Waals surface area contributed by atoms with Crippen molar-refractivity contribution in [3.63, 3.8) is 0 Å². The maximum Gasteiger partial charge on any atom is 0.329 e. The molecule has 0 heterocycles. The van der Waals surface area contributed by atoms with Crippen molar-refractivity contribution in [2.24, 2.45) is 5.10 Å². The second kappa shape index (κ2) is 15.7. The Labute approximate surface area is 240 Å². The van der Waals surface area contributed by atoms with Gasteiger partial charge >= 0.3 is 11.8 Å². The van der Waals surface area contributed by atoms with E-state index < -0.39 is 11.8 Å². The zero-order valence-electron chi connectivity index (χ0n) is 23.8. The van der Waals surface area contributed by atoms with E-state index in [0.717, 1.165) is 24.0 Å². The number of ether oxygens (including phenoxy) is 3. The molecule has 3 N–H and O–H groups in total. The number of benzene rings is 3. The van der Waals surface area contributed by atoms with E-state index in [1.807, 2.05) is 39.0 Å². The predicted molar refractivity (Wildman–Crippen MR) is 159 cm³/mol. The lowest BCUT2D eigenvalue weighted by Crippen LogP contribution is -2.32. The van der Waals surface area contributed by atoms with E-state index in [9.17, 15) is 14.4 Å². The van der Waals surface area contributed by atoms with Crippen LogP contribution in [-0.2, 0) is 14.4 Å². The lowest BCUT2D eigenvalue weighted by molar-refractivity contribution is -0.136. The number of carbonyl (C=O) groups is 3. The standard InChI is InChI=1S/C31H36N4O6/c1-5-7-16-40-26-13-11-24(12-14-26)34-30(37)31(38)35-32-19-23-9-15-27(28(18-23)39-6-2)41-20-29(36)33-25-10-8-21(3)22(4)17-25/h8-15,17-19H,5-7,16,20H2,1-4H3,(H,33,36)(H,34,37)(H,35,38)/b32-19-. The minimum Gasteiger partial charge on any atom is -0.494 e. The molecule has 3 aromatic rings. The first kappa shape index (κ1) is 30.7. The Balaban J connectivity index is 1.51. The van der Waals surface area contributed by atoms with Gasteiger partial charge in [-0.3, -0.25) is 14.4 Å². The van der Waals surface area contributed by atoms with Gasteiger partial charge in [0.05, 0.1) is 19.4 Å². The zero-order valence-corrected chi connectivity index (χ0v) is 23.8. The summed E-state index contributed by atoms with van der Waals surface area (Å²) in [7, 11) is 0. The third kappa shape index (κ3) is 9.99. The molecule has 0 unspecified atom stereocenters. The summed E-state index contributed by atoms with van der Waals surface area (Å²) in [5, 5.41) is 9.18. The van der Waals surface area contributed by atoms with Crippen molar-refractivity contribution < 1.29 is 28.6 Å². The first-order valence-electron chi connectivity index (χ1n) is 13.4. The van der Waals surface area contributed by atoms with Crippen LogP contribution in [0.2, 0.25) is 0 Å². The van der Waals surface area contributed by atoms with E-state index in [-0.39, 0.29) is 12.5 Å². The van der Waals surface area contributed by atoms with Crippen molar-refractivity contribution >= 4 is 35.3 Å².